The average molecular weight is 179 g/mol. The van der Waals surface area contributed by atoms with Crippen LogP contribution in [-0.2, 0) is 0 Å². The second-order valence-corrected chi connectivity index (χ2v) is 2.88. The first-order valence-electron chi connectivity index (χ1n) is 3.94. The maximum absolute atomic E-state index is 3.92. The molecule has 0 aliphatic heterocycles. The fraction of sp³-hybridized carbons (Fsp3) is 0.375. The minimum absolute atomic E-state index is 0.642. The third-order valence-electron chi connectivity index (χ3n) is 1.27. The Bertz CT molecular complexity index is 277. The Morgan fingerprint density at radius 1 is 1.38 bits per heavy atom. The summed E-state index contributed by atoms with van der Waals surface area (Å²) in [6.45, 7) is 1.89. The molecule has 0 aromatic carbocycles. The molecule has 70 valence electrons. The minimum Gasteiger partial charge on any atom is -0.367 e. The Morgan fingerprint density at radius 3 is 2.69 bits per heavy atom. The first kappa shape index (κ1) is 9.44. The minimum atomic E-state index is 0.642. The highest BCUT2D eigenvalue weighted by Crippen LogP contribution is 1.99. The van der Waals surface area contributed by atoms with Gasteiger partial charge in [-0.05, 0) is 19.1 Å². The summed E-state index contributed by atoms with van der Waals surface area (Å²) in [4.78, 5) is 1.83. The SMILES string of the molecule is Cc1ccc(NN=CN(C)C)nn1. The summed E-state index contributed by atoms with van der Waals surface area (Å²) in [6, 6.07) is 3.70. The van der Waals surface area contributed by atoms with Gasteiger partial charge in [0.1, 0.15) is 6.34 Å². The summed E-state index contributed by atoms with van der Waals surface area (Å²) in [7, 11) is 3.79. The van der Waals surface area contributed by atoms with Crippen molar-refractivity contribution < 1.29 is 0 Å². The van der Waals surface area contributed by atoms with Crippen LogP contribution in [-0.4, -0.2) is 35.5 Å². The highest BCUT2D eigenvalue weighted by atomic mass is 15.4. The first-order chi connectivity index (χ1) is 6.18. The third kappa shape index (κ3) is 3.50. The quantitative estimate of drug-likeness (QED) is 0.421. The first-order valence-corrected chi connectivity index (χ1v) is 3.94. The number of nitrogens with one attached hydrogen (secondary N) is 1. The van der Waals surface area contributed by atoms with Crippen molar-refractivity contribution in [1.29, 1.82) is 0 Å². The lowest BCUT2D eigenvalue weighted by Crippen LogP contribution is -2.09. The van der Waals surface area contributed by atoms with E-state index >= 15 is 0 Å². The maximum Gasteiger partial charge on any atom is 0.168 e. The predicted molar refractivity (Wildman–Crippen MR) is 52.6 cm³/mol. The summed E-state index contributed by atoms with van der Waals surface area (Å²) in [6.07, 6.45) is 1.65. The summed E-state index contributed by atoms with van der Waals surface area (Å²) in [5.41, 5.74) is 3.65. The standard InChI is InChI=1S/C8H13N5/c1-7-4-5-8(12-10-7)11-9-6-13(2)3/h4-6H,1-3H3,(H,11,12). The van der Waals surface area contributed by atoms with Gasteiger partial charge in [-0.25, -0.2) is 0 Å². The molecular weight excluding hydrogens is 166 g/mol. The Balaban J connectivity index is 2.50. The largest absolute Gasteiger partial charge is 0.367 e. The van der Waals surface area contributed by atoms with Crippen LogP contribution in [0.15, 0.2) is 17.2 Å². The number of hydrogen-bond donors (Lipinski definition) is 1. The van der Waals surface area contributed by atoms with Crippen LogP contribution in [0, 0.1) is 6.92 Å². The topological polar surface area (TPSA) is 53.4 Å². The monoisotopic (exact) mass is 179 g/mol. The van der Waals surface area contributed by atoms with E-state index in [4.69, 9.17) is 0 Å². The van der Waals surface area contributed by atoms with Gasteiger partial charge in [-0.3, -0.25) is 5.43 Å². The van der Waals surface area contributed by atoms with Crippen molar-refractivity contribution in [1.82, 2.24) is 15.1 Å². The van der Waals surface area contributed by atoms with Crippen molar-refractivity contribution in [2.45, 2.75) is 6.92 Å². The van der Waals surface area contributed by atoms with Gasteiger partial charge in [0.2, 0.25) is 0 Å². The zero-order valence-corrected chi connectivity index (χ0v) is 8.02. The maximum atomic E-state index is 3.92. The Labute approximate surface area is 77.5 Å². The molecule has 1 aromatic heterocycles. The van der Waals surface area contributed by atoms with E-state index in [1.807, 2.05) is 38.1 Å². The van der Waals surface area contributed by atoms with E-state index in [0.29, 0.717) is 5.82 Å². The molecule has 0 radical (unpaired) electrons. The summed E-state index contributed by atoms with van der Waals surface area (Å²) >= 11 is 0. The molecule has 0 fully saturated rings. The molecule has 0 atom stereocenters. The number of hydrazone groups is 1. The van der Waals surface area contributed by atoms with Gasteiger partial charge >= 0.3 is 0 Å². The van der Waals surface area contributed by atoms with Gasteiger partial charge in [-0.2, -0.15) is 10.2 Å². The lowest BCUT2D eigenvalue weighted by atomic mass is 10.4. The van der Waals surface area contributed by atoms with Crippen LogP contribution < -0.4 is 5.43 Å². The van der Waals surface area contributed by atoms with Gasteiger partial charge in [0.05, 0.1) is 5.69 Å². The van der Waals surface area contributed by atoms with Gasteiger partial charge in [0, 0.05) is 14.1 Å². The summed E-state index contributed by atoms with van der Waals surface area (Å²) < 4.78 is 0. The molecule has 1 rings (SSSR count). The van der Waals surface area contributed by atoms with E-state index in [-0.39, 0.29) is 0 Å². The van der Waals surface area contributed by atoms with E-state index in [0.717, 1.165) is 5.69 Å². The van der Waals surface area contributed by atoms with Crippen LogP contribution in [0.3, 0.4) is 0 Å². The third-order valence-corrected chi connectivity index (χ3v) is 1.27. The number of aryl methyl sites for hydroxylation is 1. The van der Waals surface area contributed by atoms with Crippen LogP contribution in [0.4, 0.5) is 5.82 Å². The summed E-state index contributed by atoms with van der Waals surface area (Å²) in [5, 5.41) is 11.7. The Kier molecular flexibility index (Phi) is 3.19. The van der Waals surface area contributed by atoms with E-state index < -0.39 is 0 Å². The molecule has 13 heavy (non-hydrogen) atoms. The van der Waals surface area contributed by atoms with Crippen molar-refractivity contribution in [3.8, 4) is 0 Å². The molecule has 0 spiro atoms. The molecule has 0 aliphatic carbocycles. The molecule has 1 aromatic rings. The van der Waals surface area contributed by atoms with Crippen LogP contribution >= 0.6 is 0 Å². The Hall–Kier alpha value is -1.65. The normalized spacial score (nSPS) is 10.4. The van der Waals surface area contributed by atoms with Gasteiger partial charge in [0.15, 0.2) is 5.82 Å². The number of hydrogen-bond acceptors (Lipinski definition) is 4. The number of nitrogens with zero attached hydrogens (tertiary/aromatic N) is 4. The van der Waals surface area contributed by atoms with Crippen molar-refractivity contribution in [2.24, 2.45) is 5.10 Å². The van der Waals surface area contributed by atoms with Gasteiger partial charge in [0.25, 0.3) is 0 Å². The lowest BCUT2D eigenvalue weighted by molar-refractivity contribution is 0.641. The molecule has 5 nitrogen and oxygen atoms in total. The smallest absolute Gasteiger partial charge is 0.168 e. The van der Waals surface area contributed by atoms with Gasteiger partial charge in [-0.1, -0.05) is 0 Å². The van der Waals surface area contributed by atoms with Crippen molar-refractivity contribution in [2.75, 3.05) is 19.5 Å². The molecule has 0 saturated heterocycles. The molecule has 5 heteroatoms. The second kappa shape index (κ2) is 4.39. The number of aromatic nitrogens is 2. The van der Waals surface area contributed by atoms with Gasteiger partial charge in [-0.15, -0.1) is 5.10 Å². The van der Waals surface area contributed by atoms with E-state index in [1.54, 1.807) is 6.34 Å². The molecule has 0 bridgehead atoms. The molecule has 0 unspecified atom stereocenters. The molecule has 1 heterocycles. The van der Waals surface area contributed by atoms with E-state index in [2.05, 4.69) is 20.7 Å². The molecular formula is C8H13N5. The number of anilines is 1. The zero-order valence-electron chi connectivity index (χ0n) is 8.02. The molecule has 0 saturated carbocycles. The molecule has 0 aliphatic rings. The fourth-order valence-electron chi connectivity index (χ4n) is 0.669. The average Bonchev–Trinajstić information content (AvgIpc) is 2.08. The van der Waals surface area contributed by atoms with Crippen LogP contribution in [0.25, 0.3) is 0 Å². The number of rotatable bonds is 3. The zero-order chi connectivity index (χ0) is 9.68. The van der Waals surface area contributed by atoms with Crippen molar-refractivity contribution in [3.05, 3.63) is 17.8 Å². The summed E-state index contributed by atoms with van der Waals surface area (Å²) in [5.74, 6) is 0.642. The van der Waals surface area contributed by atoms with E-state index in [9.17, 15) is 0 Å². The highest BCUT2D eigenvalue weighted by Gasteiger charge is 1.90. The second-order valence-electron chi connectivity index (χ2n) is 2.88. The molecule has 1 N–H and O–H groups in total. The van der Waals surface area contributed by atoms with Crippen molar-refractivity contribution in [3.63, 3.8) is 0 Å². The van der Waals surface area contributed by atoms with Crippen LogP contribution in [0.5, 0.6) is 0 Å². The van der Waals surface area contributed by atoms with Crippen LogP contribution in [0.2, 0.25) is 0 Å². The Morgan fingerprint density at radius 2 is 2.15 bits per heavy atom. The van der Waals surface area contributed by atoms with Gasteiger partial charge < -0.3 is 4.90 Å². The predicted octanol–water partition coefficient (Wildman–Crippen LogP) is 0.702. The molecule has 0 amide bonds. The fourth-order valence-corrected chi connectivity index (χ4v) is 0.669. The highest BCUT2D eigenvalue weighted by molar-refractivity contribution is 5.55. The van der Waals surface area contributed by atoms with E-state index in [1.165, 1.54) is 0 Å². The lowest BCUT2D eigenvalue weighted by Gasteiger charge is -2.02. The van der Waals surface area contributed by atoms with Crippen molar-refractivity contribution >= 4 is 12.2 Å². The van der Waals surface area contributed by atoms with Crippen LogP contribution in [0.1, 0.15) is 5.69 Å².